The maximum absolute atomic E-state index is 13.3. The minimum Gasteiger partial charge on any atom is -0.379 e. The molecule has 2 fully saturated rings. The van der Waals surface area contributed by atoms with Gasteiger partial charge in [0.2, 0.25) is 11.8 Å². The Bertz CT molecular complexity index is 702. The van der Waals surface area contributed by atoms with E-state index in [2.05, 4.69) is 16.3 Å². The molecule has 6 nitrogen and oxygen atoms in total. The summed E-state index contributed by atoms with van der Waals surface area (Å²) in [6.07, 6.45) is 4.60. The van der Waals surface area contributed by atoms with E-state index in [0.717, 1.165) is 77.2 Å². The number of para-hydroxylation sites is 1. The molecule has 2 heterocycles. The van der Waals surface area contributed by atoms with Crippen LogP contribution in [0.1, 0.15) is 31.2 Å². The van der Waals surface area contributed by atoms with Crippen LogP contribution in [0.25, 0.3) is 0 Å². The van der Waals surface area contributed by atoms with Crippen LogP contribution in [0.2, 0.25) is 0 Å². The lowest BCUT2D eigenvalue weighted by Gasteiger charge is -2.33. The Morgan fingerprint density at radius 3 is 2.61 bits per heavy atom. The van der Waals surface area contributed by atoms with Crippen molar-refractivity contribution in [1.82, 2.24) is 10.2 Å². The van der Waals surface area contributed by atoms with Crippen molar-refractivity contribution >= 4 is 17.5 Å². The van der Waals surface area contributed by atoms with Gasteiger partial charge in [0.05, 0.1) is 19.1 Å². The van der Waals surface area contributed by atoms with Gasteiger partial charge < -0.3 is 15.0 Å². The predicted octanol–water partition coefficient (Wildman–Crippen LogP) is 1.83. The Morgan fingerprint density at radius 2 is 1.79 bits per heavy atom. The first kappa shape index (κ1) is 19.4. The van der Waals surface area contributed by atoms with Crippen LogP contribution in [0.15, 0.2) is 24.3 Å². The third-order valence-electron chi connectivity index (χ3n) is 6.40. The predicted molar refractivity (Wildman–Crippen MR) is 108 cm³/mol. The van der Waals surface area contributed by atoms with Crippen LogP contribution in [-0.4, -0.2) is 62.7 Å². The second-order valence-corrected chi connectivity index (χ2v) is 8.11. The highest BCUT2D eigenvalue weighted by Crippen LogP contribution is 2.35. The van der Waals surface area contributed by atoms with Crippen LogP contribution < -0.4 is 10.2 Å². The number of hydrogen-bond acceptors (Lipinski definition) is 4. The smallest absolute Gasteiger partial charge is 0.230 e. The molecule has 2 aliphatic heterocycles. The van der Waals surface area contributed by atoms with E-state index in [1.807, 2.05) is 23.1 Å². The molecule has 1 saturated heterocycles. The molecule has 1 N–H and O–H groups in total. The molecular weight excluding hydrogens is 354 g/mol. The van der Waals surface area contributed by atoms with Gasteiger partial charge in [-0.15, -0.1) is 0 Å². The number of ether oxygens (including phenoxy) is 1. The molecule has 1 saturated carbocycles. The second kappa shape index (κ2) is 9.05. The summed E-state index contributed by atoms with van der Waals surface area (Å²) in [4.78, 5) is 30.4. The van der Waals surface area contributed by atoms with Gasteiger partial charge >= 0.3 is 0 Å². The highest BCUT2D eigenvalue weighted by Gasteiger charge is 2.39. The van der Waals surface area contributed by atoms with Crippen molar-refractivity contribution in [3.8, 4) is 0 Å². The van der Waals surface area contributed by atoms with Crippen LogP contribution in [0.4, 0.5) is 5.69 Å². The molecule has 4 rings (SSSR count). The third kappa shape index (κ3) is 4.23. The standard InChI is InChI=1S/C22H31N3O3/c26-21(23-10-12-24-13-15-28-16-14-24)18-6-2-3-7-19(18)22(27)25-11-9-17-5-1-4-8-20(17)25/h1,4-5,8,18-19H,2-3,6-7,9-16H2,(H,23,26). The maximum Gasteiger partial charge on any atom is 0.230 e. The van der Waals surface area contributed by atoms with E-state index in [1.165, 1.54) is 5.56 Å². The molecule has 1 aromatic carbocycles. The number of fused-ring (bicyclic) bond motifs is 1. The lowest BCUT2D eigenvalue weighted by Crippen LogP contribution is -2.47. The minimum absolute atomic E-state index is 0.0544. The fraction of sp³-hybridized carbons (Fsp3) is 0.636. The van der Waals surface area contributed by atoms with E-state index < -0.39 is 0 Å². The summed E-state index contributed by atoms with van der Waals surface area (Å²) in [5, 5.41) is 3.10. The zero-order valence-corrected chi connectivity index (χ0v) is 16.6. The summed E-state index contributed by atoms with van der Waals surface area (Å²) in [5.74, 6) is -0.196. The van der Waals surface area contributed by atoms with E-state index >= 15 is 0 Å². The van der Waals surface area contributed by atoms with Crippen molar-refractivity contribution in [3.05, 3.63) is 29.8 Å². The first-order chi connectivity index (χ1) is 13.7. The van der Waals surface area contributed by atoms with Gasteiger partial charge in [-0.05, 0) is 30.9 Å². The molecule has 152 valence electrons. The van der Waals surface area contributed by atoms with Crippen molar-refractivity contribution < 1.29 is 14.3 Å². The van der Waals surface area contributed by atoms with Gasteiger partial charge in [-0.2, -0.15) is 0 Å². The number of rotatable bonds is 5. The van der Waals surface area contributed by atoms with E-state index in [-0.39, 0.29) is 23.7 Å². The number of nitrogens with one attached hydrogen (secondary N) is 1. The van der Waals surface area contributed by atoms with Gasteiger partial charge in [0, 0.05) is 44.3 Å². The molecule has 2 amide bonds. The van der Waals surface area contributed by atoms with Gasteiger partial charge in [0.25, 0.3) is 0 Å². The first-order valence-corrected chi connectivity index (χ1v) is 10.7. The summed E-state index contributed by atoms with van der Waals surface area (Å²) in [6.45, 7) is 5.61. The Kier molecular flexibility index (Phi) is 6.27. The molecule has 2 atom stereocenters. The monoisotopic (exact) mass is 385 g/mol. The van der Waals surface area contributed by atoms with Crippen LogP contribution in [0, 0.1) is 11.8 Å². The number of carbonyl (C=O) groups excluding carboxylic acids is 2. The molecule has 0 bridgehead atoms. The summed E-state index contributed by atoms with van der Waals surface area (Å²) in [5.41, 5.74) is 2.27. The lowest BCUT2D eigenvalue weighted by atomic mass is 9.77. The summed E-state index contributed by atoms with van der Waals surface area (Å²) in [6, 6.07) is 8.14. The van der Waals surface area contributed by atoms with Gasteiger partial charge in [-0.1, -0.05) is 31.0 Å². The third-order valence-corrected chi connectivity index (χ3v) is 6.40. The molecule has 3 aliphatic rings. The molecule has 28 heavy (non-hydrogen) atoms. The molecule has 0 radical (unpaired) electrons. The number of morpholine rings is 1. The van der Waals surface area contributed by atoms with Crippen LogP contribution in [0.3, 0.4) is 0 Å². The van der Waals surface area contributed by atoms with Gasteiger partial charge in [-0.3, -0.25) is 14.5 Å². The number of nitrogens with zero attached hydrogens (tertiary/aromatic N) is 2. The van der Waals surface area contributed by atoms with Crippen molar-refractivity contribution in [2.75, 3.05) is 50.8 Å². The number of anilines is 1. The van der Waals surface area contributed by atoms with E-state index in [4.69, 9.17) is 4.74 Å². The van der Waals surface area contributed by atoms with Crippen LogP contribution in [0.5, 0.6) is 0 Å². The zero-order chi connectivity index (χ0) is 19.3. The van der Waals surface area contributed by atoms with Gasteiger partial charge in [-0.25, -0.2) is 0 Å². The Hall–Kier alpha value is -1.92. The van der Waals surface area contributed by atoms with E-state index in [0.29, 0.717) is 6.54 Å². The van der Waals surface area contributed by atoms with E-state index in [1.54, 1.807) is 0 Å². The Morgan fingerprint density at radius 1 is 1.04 bits per heavy atom. The average molecular weight is 386 g/mol. The fourth-order valence-electron chi connectivity index (χ4n) is 4.80. The number of hydrogen-bond donors (Lipinski definition) is 1. The Labute approximate surface area is 167 Å². The molecule has 0 aromatic heterocycles. The van der Waals surface area contributed by atoms with E-state index in [9.17, 15) is 9.59 Å². The number of carbonyl (C=O) groups is 2. The molecule has 1 aromatic rings. The van der Waals surface area contributed by atoms with Crippen molar-refractivity contribution in [2.45, 2.75) is 32.1 Å². The first-order valence-electron chi connectivity index (χ1n) is 10.7. The van der Waals surface area contributed by atoms with Crippen molar-refractivity contribution in [2.24, 2.45) is 11.8 Å². The number of benzene rings is 1. The lowest BCUT2D eigenvalue weighted by molar-refractivity contribution is -0.135. The van der Waals surface area contributed by atoms with Crippen molar-refractivity contribution in [3.63, 3.8) is 0 Å². The number of amides is 2. The van der Waals surface area contributed by atoms with Crippen LogP contribution >= 0.6 is 0 Å². The largest absolute Gasteiger partial charge is 0.379 e. The Balaban J connectivity index is 1.36. The molecule has 6 heteroatoms. The normalized spacial score (nSPS) is 25.4. The zero-order valence-electron chi connectivity index (χ0n) is 16.6. The SMILES string of the molecule is O=C(NCCN1CCOCC1)C1CCCCC1C(=O)N1CCc2ccccc21. The summed E-state index contributed by atoms with van der Waals surface area (Å²) in [7, 11) is 0. The van der Waals surface area contributed by atoms with Gasteiger partial charge in [0.15, 0.2) is 0 Å². The highest BCUT2D eigenvalue weighted by atomic mass is 16.5. The molecule has 1 aliphatic carbocycles. The molecular formula is C22H31N3O3. The summed E-state index contributed by atoms with van der Waals surface area (Å²) >= 11 is 0. The average Bonchev–Trinajstić information content (AvgIpc) is 3.18. The van der Waals surface area contributed by atoms with Crippen molar-refractivity contribution in [1.29, 1.82) is 0 Å². The molecule has 0 spiro atoms. The maximum atomic E-state index is 13.3. The quantitative estimate of drug-likeness (QED) is 0.840. The second-order valence-electron chi connectivity index (χ2n) is 8.11. The minimum atomic E-state index is -0.196. The highest BCUT2D eigenvalue weighted by molar-refractivity contribution is 5.99. The topological polar surface area (TPSA) is 61.9 Å². The summed E-state index contributed by atoms with van der Waals surface area (Å²) < 4.78 is 5.37. The fourth-order valence-corrected chi connectivity index (χ4v) is 4.80. The van der Waals surface area contributed by atoms with Crippen LogP contribution in [-0.2, 0) is 20.7 Å². The molecule has 2 unspecified atom stereocenters. The van der Waals surface area contributed by atoms with Gasteiger partial charge in [0.1, 0.15) is 0 Å².